The van der Waals surface area contributed by atoms with Crippen LogP contribution in [0.4, 0.5) is 4.39 Å². The van der Waals surface area contributed by atoms with Crippen LogP contribution in [0, 0.1) is 11.2 Å². The van der Waals surface area contributed by atoms with Gasteiger partial charge in [0.25, 0.3) is 0 Å². The molecule has 0 spiro atoms. The van der Waals surface area contributed by atoms with Gasteiger partial charge in [0, 0.05) is 12.0 Å². The van der Waals surface area contributed by atoms with Crippen molar-refractivity contribution < 1.29 is 14.0 Å². The molecule has 5 rings (SSSR count). The fourth-order valence-electron chi connectivity index (χ4n) is 4.46. The molecule has 1 aliphatic carbocycles. The van der Waals surface area contributed by atoms with Gasteiger partial charge in [-0.05, 0) is 60.9 Å². The third kappa shape index (κ3) is 3.28. The number of hydrogen-bond acceptors (Lipinski definition) is 4. The van der Waals surface area contributed by atoms with Crippen LogP contribution in [0.1, 0.15) is 17.7 Å². The number of aliphatic hydroxyl groups is 1. The first-order chi connectivity index (χ1) is 14.6. The second kappa shape index (κ2) is 7.67. The van der Waals surface area contributed by atoms with Crippen molar-refractivity contribution in [3.8, 4) is 5.69 Å². The topological polar surface area (TPSA) is 64.3 Å². The van der Waals surface area contributed by atoms with Gasteiger partial charge >= 0.3 is 0 Å². The van der Waals surface area contributed by atoms with Crippen molar-refractivity contribution in [1.29, 1.82) is 0 Å². The second-order valence-electron chi connectivity index (χ2n) is 7.90. The Bertz CT molecular complexity index is 1080. The molecule has 0 amide bonds. The molecule has 7 heteroatoms. The van der Waals surface area contributed by atoms with Crippen LogP contribution in [0.5, 0.6) is 0 Å². The molecule has 1 fully saturated rings. The molecule has 2 aliphatic rings. The lowest BCUT2D eigenvalue weighted by molar-refractivity contribution is 0.111. The molecule has 0 radical (unpaired) electrons. The lowest BCUT2D eigenvalue weighted by Crippen LogP contribution is -2.51. The van der Waals surface area contributed by atoms with Crippen LogP contribution in [0.15, 0.2) is 71.3 Å². The van der Waals surface area contributed by atoms with Gasteiger partial charge in [-0.2, -0.15) is 5.10 Å². The van der Waals surface area contributed by atoms with Crippen LogP contribution in [-0.2, 0) is 17.8 Å². The molecule has 2 aromatic carbocycles. The van der Waals surface area contributed by atoms with Crippen molar-refractivity contribution in [3.05, 3.63) is 83.4 Å². The van der Waals surface area contributed by atoms with E-state index in [0.29, 0.717) is 19.5 Å². The number of hydrogen-bond donors (Lipinski definition) is 1. The van der Waals surface area contributed by atoms with E-state index in [4.69, 9.17) is 0 Å². The number of benzene rings is 2. The Morgan fingerprint density at radius 2 is 1.90 bits per heavy atom. The standard InChI is InChI=1S/C23H22FN3O2S/c24-19-6-8-20(9-7-19)27-22-12-18-10-11-26(30(29)21-4-2-1-3-5-21)15-23(18,16-28)13-17(22)14-25-27/h1-9,12,14,28H,10-11,13,15-16H2/t23-,30?/m1/s1. The largest absolute Gasteiger partial charge is 0.593 e. The first kappa shape index (κ1) is 19.5. The predicted molar refractivity (Wildman–Crippen MR) is 114 cm³/mol. The Morgan fingerprint density at radius 3 is 2.63 bits per heavy atom. The first-order valence-electron chi connectivity index (χ1n) is 9.96. The molecule has 1 aliphatic heterocycles. The van der Waals surface area contributed by atoms with Gasteiger partial charge in [0.15, 0.2) is 4.90 Å². The summed E-state index contributed by atoms with van der Waals surface area (Å²) in [5, 5.41) is 14.9. The summed E-state index contributed by atoms with van der Waals surface area (Å²) in [6, 6.07) is 15.7. The average molecular weight is 424 g/mol. The lowest BCUT2D eigenvalue weighted by atomic mass is 9.69. The molecule has 1 aromatic heterocycles. The highest BCUT2D eigenvalue weighted by molar-refractivity contribution is 7.89. The van der Waals surface area contributed by atoms with E-state index in [1.54, 1.807) is 12.1 Å². The maximum Gasteiger partial charge on any atom is 0.174 e. The number of fused-ring (bicyclic) bond motifs is 2. The van der Waals surface area contributed by atoms with Crippen molar-refractivity contribution >= 4 is 17.4 Å². The highest BCUT2D eigenvalue weighted by Crippen LogP contribution is 2.44. The Kier molecular flexibility index (Phi) is 4.99. The van der Waals surface area contributed by atoms with Gasteiger partial charge in [-0.1, -0.05) is 23.8 Å². The van der Waals surface area contributed by atoms with Gasteiger partial charge in [0.1, 0.15) is 5.82 Å². The maximum atomic E-state index is 13.3. The molecule has 5 nitrogen and oxygen atoms in total. The van der Waals surface area contributed by atoms with E-state index in [0.717, 1.165) is 33.8 Å². The minimum absolute atomic E-state index is 0.0114. The summed E-state index contributed by atoms with van der Waals surface area (Å²) in [7, 11) is 0. The summed E-state index contributed by atoms with van der Waals surface area (Å²) in [6.45, 7) is 1.18. The summed E-state index contributed by atoms with van der Waals surface area (Å²) < 4.78 is 30.2. The molecule has 0 saturated carbocycles. The van der Waals surface area contributed by atoms with Gasteiger partial charge in [0.2, 0.25) is 0 Å². The number of piperidine rings is 1. The zero-order valence-corrected chi connectivity index (χ0v) is 17.2. The Morgan fingerprint density at radius 1 is 1.13 bits per heavy atom. The third-order valence-electron chi connectivity index (χ3n) is 6.07. The average Bonchev–Trinajstić information content (AvgIpc) is 3.20. The molecule has 30 heavy (non-hydrogen) atoms. The normalized spacial score (nSPS) is 22.2. The van der Waals surface area contributed by atoms with Crippen LogP contribution in [-0.4, -0.2) is 43.4 Å². The van der Waals surface area contributed by atoms with Crippen LogP contribution >= 0.6 is 0 Å². The van der Waals surface area contributed by atoms with Crippen molar-refractivity contribution in [2.75, 3.05) is 19.7 Å². The summed E-state index contributed by atoms with van der Waals surface area (Å²) in [4.78, 5) is 0.777. The van der Waals surface area contributed by atoms with Gasteiger partial charge in [-0.25, -0.2) is 9.07 Å². The Balaban J connectivity index is 1.46. The summed E-state index contributed by atoms with van der Waals surface area (Å²) in [5.74, 6) is -0.281. The van der Waals surface area contributed by atoms with E-state index in [2.05, 4.69) is 11.2 Å². The van der Waals surface area contributed by atoms with Crippen molar-refractivity contribution in [2.24, 2.45) is 5.41 Å². The van der Waals surface area contributed by atoms with E-state index in [1.165, 1.54) is 12.1 Å². The first-order valence-corrected chi connectivity index (χ1v) is 11.1. The van der Waals surface area contributed by atoms with Crippen molar-refractivity contribution in [3.63, 3.8) is 0 Å². The monoisotopic (exact) mass is 423 g/mol. The fourth-order valence-corrected chi connectivity index (χ4v) is 5.77. The van der Waals surface area contributed by atoms with Crippen LogP contribution < -0.4 is 0 Å². The molecular formula is C23H22FN3O2S. The highest BCUT2D eigenvalue weighted by Gasteiger charge is 2.46. The van der Waals surface area contributed by atoms with E-state index in [-0.39, 0.29) is 12.4 Å². The third-order valence-corrected chi connectivity index (χ3v) is 7.53. The zero-order chi connectivity index (χ0) is 20.7. The molecular weight excluding hydrogens is 401 g/mol. The summed E-state index contributed by atoms with van der Waals surface area (Å²) in [5.41, 5.74) is 3.49. The zero-order valence-electron chi connectivity index (χ0n) is 16.4. The summed E-state index contributed by atoms with van der Waals surface area (Å²) >= 11 is -1.26. The molecule has 0 bridgehead atoms. The van der Waals surface area contributed by atoms with E-state index in [1.807, 2.05) is 45.5 Å². The molecule has 1 N–H and O–H groups in total. The minimum Gasteiger partial charge on any atom is -0.593 e. The number of aliphatic hydroxyl groups excluding tert-OH is 1. The van der Waals surface area contributed by atoms with Crippen LogP contribution in [0.2, 0.25) is 0 Å². The van der Waals surface area contributed by atoms with Crippen molar-refractivity contribution in [1.82, 2.24) is 14.1 Å². The molecule has 2 atom stereocenters. The van der Waals surface area contributed by atoms with Gasteiger partial charge < -0.3 is 9.66 Å². The van der Waals surface area contributed by atoms with Crippen LogP contribution in [0.3, 0.4) is 0 Å². The van der Waals surface area contributed by atoms with Gasteiger partial charge in [-0.3, -0.25) is 0 Å². The van der Waals surface area contributed by atoms with Gasteiger partial charge in [0.05, 0.1) is 42.1 Å². The van der Waals surface area contributed by atoms with E-state index >= 15 is 0 Å². The van der Waals surface area contributed by atoms with Crippen LogP contribution in [0.25, 0.3) is 11.8 Å². The molecule has 1 saturated heterocycles. The quantitative estimate of drug-likeness (QED) is 0.654. The maximum absolute atomic E-state index is 13.3. The molecule has 154 valence electrons. The molecule has 2 heterocycles. The fraction of sp³-hybridized carbons (Fsp3) is 0.261. The van der Waals surface area contributed by atoms with Crippen molar-refractivity contribution in [2.45, 2.75) is 17.7 Å². The second-order valence-corrected chi connectivity index (χ2v) is 9.39. The number of nitrogens with zero attached hydrogens (tertiary/aromatic N) is 3. The van der Waals surface area contributed by atoms with E-state index < -0.39 is 16.8 Å². The smallest absolute Gasteiger partial charge is 0.174 e. The van der Waals surface area contributed by atoms with E-state index in [9.17, 15) is 14.0 Å². The Hall–Kier alpha value is -2.45. The lowest BCUT2D eigenvalue weighted by Gasteiger charge is -2.44. The molecule has 1 unspecified atom stereocenters. The number of halogens is 1. The number of aromatic nitrogens is 2. The minimum atomic E-state index is -1.26. The predicted octanol–water partition coefficient (Wildman–Crippen LogP) is 3.36. The highest BCUT2D eigenvalue weighted by atomic mass is 32.2. The summed E-state index contributed by atoms with van der Waals surface area (Å²) in [6.07, 6.45) is 5.28. The SMILES string of the molecule is [O-][S+](c1ccccc1)N1CCC2=Cc3c(cnn3-c3ccc(F)cc3)C[C@]2(CO)C1. The Labute approximate surface area is 177 Å². The number of rotatable bonds is 4. The molecule has 3 aromatic rings. The van der Waals surface area contributed by atoms with Gasteiger partial charge in [-0.15, -0.1) is 4.31 Å².